The van der Waals surface area contributed by atoms with E-state index in [4.69, 9.17) is 0 Å². The van der Waals surface area contributed by atoms with Gasteiger partial charge in [0.15, 0.2) is 0 Å². The summed E-state index contributed by atoms with van der Waals surface area (Å²) in [5.74, 6) is -0.211. The molecule has 2 unspecified atom stereocenters. The topological polar surface area (TPSA) is 63.9 Å². The number of halogens is 1. The van der Waals surface area contributed by atoms with Crippen LogP contribution >= 0.6 is 0 Å². The Balaban J connectivity index is 1.35. The molecular formula is C20H18FN5O. The van der Waals surface area contributed by atoms with Crippen LogP contribution in [0.25, 0.3) is 11.1 Å². The highest BCUT2D eigenvalue weighted by Crippen LogP contribution is 2.42. The maximum Gasteiger partial charge on any atom is 0.245 e. The predicted octanol–water partition coefficient (Wildman–Crippen LogP) is 2.77. The Morgan fingerprint density at radius 2 is 2.00 bits per heavy atom. The highest BCUT2D eigenvalue weighted by Gasteiger charge is 2.43. The number of carbonyl (C=O) groups is 1. The minimum Gasteiger partial charge on any atom is -0.331 e. The van der Waals surface area contributed by atoms with Crippen LogP contribution in [-0.4, -0.2) is 36.6 Å². The van der Waals surface area contributed by atoms with E-state index >= 15 is 0 Å². The molecule has 7 heteroatoms. The van der Waals surface area contributed by atoms with E-state index in [1.54, 1.807) is 29.3 Å². The summed E-state index contributed by atoms with van der Waals surface area (Å²) >= 11 is 0. The van der Waals surface area contributed by atoms with Crippen LogP contribution in [0.2, 0.25) is 0 Å². The van der Waals surface area contributed by atoms with Crippen LogP contribution in [0.4, 0.5) is 4.39 Å². The molecule has 1 fully saturated rings. The van der Waals surface area contributed by atoms with Crippen LogP contribution < -0.4 is 0 Å². The Labute approximate surface area is 155 Å². The van der Waals surface area contributed by atoms with Crippen molar-refractivity contribution in [3.63, 3.8) is 0 Å². The molecule has 2 aromatic heterocycles. The van der Waals surface area contributed by atoms with E-state index in [2.05, 4.69) is 15.1 Å². The molecule has 2 aliphatic heterocycles. The highest BCUT2D eigenvalue weighted by molar-refractivity contribution is 5.78. The lowest BCUT2D eigenvalue weighted by atomic mass is 9.99. The number of hydrogen-bond acceptors (Lipinski definition) is 4. The zero-order valence-corrected chi connectivity index (χ0v) is 14.6. The van der Waals surface area contributed by atoms with E-state index in [0.717, 1.165) is 41.6 Å². The van der Waals surface area contributed by atoms with E-state index < -0.39 is 0 Å². The molecule has 5 rings (SSSR count). The van der Waals surface area contributed by atoms with Crippen molar-refractivity contribution >= 4 is 5.91 Å². The number of carbonyl (C=O) groups excluding carboxylic acids is 1. The fraction of sp³-hybridized carbons (Fsp3) is 0.300. The van der Waals surface area contributed by atoms with Gasteiger partial charge in [0.25, 0.3) is 0 Å². The maximum absolute atomic E-state index is 13.1. The molecule has 0 aliphatic carbocycles. The smallest absolute Gasteiger partial charge is 0.245 e. The second-order valence-corrected chi connectivity index (χ2v) is 7.11. The molecule has 27 heavy (non-hydrogen) atoms. The van der Waals surface area contributed by atoms with E-state index in [-0.39, 0.29) is 30.4 Å². The molecule has 1 saturated heterocycles. The lowest BCUT2D eigenvalue weighted by molar-refractivity contribution is -0.135. The summed E-state index contributed by atoms with van der Waals surface area (Å²) in [6, 6.07) is 6.53. The van der Waals surface area contributed by atoms with E-state index in [9.17, 15) is 9.18 Å². The second kappa shape index (κ2) is 6.26. The number of nitrogens with zero attached hydrogens (tertiary/aromatic N) is 5. The lowest BCUT2D eigenvalue weighted by Crippen LogP contribution is -2.43. The molecule has 0 saturated carbocycles. The van der Waals surface area contributed by atoms with Gasteiger partial charge in [-0.1, -0.05) is 12.1 Å². The maximum atomic E-state index is 13.1. The van der Waals surface area contributed by atoms with Gasteiger partial charge in [-0.05, 0) is 30.5 Å². The summed E-state index contributed by atoms with van der Waals surface area (Å²) in [6.07, 6.45) is 9.69. The molecule has 2 aliphatic rings. The first-order chi connectivity index (χ1) is 13.2. The first kappa shape index (κ1) is 16.1. The molecule has 2 bridgehead atoms. The number of amides is 1. The number of rotatable bonds is 3. The van der Waals surface area contributed by atoms with Crippen molar-refractivity contribution in [2.45, 2.75) is 37.9 Å². The molecular weight excluding hydrogens is 345 g/mol. The Morgan fingerprint density at radius 3 is 2.85 bits per heavy atom. The van der Waals surface area contributed by atoms with Crippen LogP contribution in [0.5, 0.6) is 0 Å². The summed E-state index contributed by atoms with van der Waals surface area (Å²) in [4.78, 5) is 23.5. The minimum absolute atomic E-state index is 0.0609. The Bertz CT molecular complexity index is 1000. The van der Waals surface area contributed by atoms with Crippen molar-refractivity contribution in [1.29, 1.82) is 0 Å². The van der Waals surface area contributed by atoms with Crippen LogP contribution in [0.1, 0.15) is 30.1 Å². The summed E-state index contributed by atoms with van der Waals surface area (Å²) in [5.41, 5.74) is 3.88. The van der Waals surface area contributed by atoms with Gasteiger partial charge in [0.05, 0.1) is 17.9 Å². The fourth-order valence-electron chi connectivity index (χ4n) is 4.27. The molecule has 0 N–H and O–H groups in total. The summed E-state index contributed by atoms with van der Waals surface area (Å²) < 4.78 is 14.7. The number of hydrogen-bond donors (Lipinski definition) is 0. The third-order valence-corrected chi connectivity index (χ3v) is 5.51. The van der Waals surface area contributed by atoms with Gasteiger partial charge in [-0.2, -0.15) is 5.10 Å². The van der Waals surface area contributed by atoms with Gasteiger partial charge in [0.2, 0.25) is 5.91 Å². The van der Waals surface area contributed by atoms with Gasteiger partial charge in [0, 0.05) is 36.0 Å². The highest BCUT2D eigenvalue weighted by atomic mass is 19.1. The first-order valence-corrected chi connectivity index (χ1v) is 9.07. The second-order valence-electron chi connectivity index (χ2n) is 7.11. The molecule has 0 spiro atoms. The largest absolute Gasteiger partial charge is 0.331 e. The van der Waals surface area contributed by atoms with Gasteiger partial charge in [-0.25, -0.2) is 14.4 Å². The van der Waals surface area contributed by atoms with Gasteiger partial charge in [-0.15, -0.1) is 0 Å². The zero-order chi connectivity index (χ0) is 18.4. The van der Waals surface area contributed by atoms with Crippen molar-refractivity contribution in [3.8, 4) is 11.1 Å². The average Bonchev–Trinajstić information content (AvgIpc) is 3.26. The zero-order valence-electron chi connectivity index (χ0n) is 14.6. The quantitative estimate of drug-likeness (QED) is 0.718. The first-order valence-electron chi connectivity index (χ1n) is 9.07. The average molecular weight is 363 g/mol. The summed E-state index contributed by atoms with van der Waals surface area (Å²) in [6.45, 7) is 0.192. The Morgan fingerprint density at radius 1 is 1.15 bits per heavy atom. The molecule has 6 nitrogen and oxygen atoms in total. The number of fused-ring (bicyclic) bond motifs is 4. The van der Waals surface area contributed by atoms with E-state index in [1.807, 2.05) is 17.3 Å². The molecule has 1 amide bonds. The van der Waals surface area contributed by atoms with Crippen LogP contribution in [-0.2, 0) is 17.8 Å². The molecule has 0 radical (unpaired) electrons. The fourth-order valence-corrected chi connectivity index (χ4v) is 4.27. The number of benzene rings is 1. The third kappa shape index (κ3) is 2.79. The monoisotopic (exact) mass is 363 g/mol. The predicted molar refractivity (Wildman–Crippen MR) is 96.0 cm³/mol. The van der Waals surface area contributed by atoms with Crippen LogP contribution in [0.15, 0.2) is 49.2 Å². The van der Waals surface area contributed by atoms with Crippen LogP contribution in [0.3, 0.4) is 0 Å². The minimum atomic E-state index is -0.272. The van der Waals surface area contributed by atoms with Crippen molar-refractivity contribution in [2.75, 3.05) is 0 Å². The van der Waals surface area contributed by atoms with Crippen molar-refractivity contribution < 1.29 is 9.18 Å². The summed E-state index contributed by atoms with van der Waals surface area (Å²) in [5, 5.41) is 4.32. The third-order valence-electron chi connectivity index (χ3n) is 5.51. The molecule has 4 heterocycles. The standard InChI is InChI=1S/C20H18FN5O/c21-15-3-1-13(2-4-15)14-8-24-25(10-14)11-20(27)26-16-5-6-19(26)17-9-22-12-23-18(17)7-16/h1-4,8-10,12,16,19H,5-7,11H2. The Hall–Kier alpha value is -3.09. The molecule has 1 aromatic carbocycles. The van der Waals surface area contributed by atoms with Gasteiger partial charge in [0.1, 0.15) is 18.7 Å². The Kier molecular flexibility index (Phi) is 3.74. The number of aromatic nitrogens is 4. The van der Waals surface area contributed by atoms with Crippen molar-refractivity contribution in [3.05, 3.63) is 66.3 Å². The van der Waals surface area contributed by atoms with Crippen molar-refractivity contribution in [1.82, 2.24) is 24.6 Å². The summed E-state index contributed by atoms with van der Waals surface area (Å²) in [7, 11) is 0. The van der Waals surface area contributed by atoms with Crippen LogP contribution in [0, 0.1) is 5.82 Å². The van der Waals surface area contributed by atoms with Crippen molar-refractivity contribution in [2.24, 2.45) is 0 Å². The molecule has 2 atom stereocenters. The van der Waals surface area contributed by atoms with Gasteiger partial charge in [-0.3, -0.25) is 9.48 Å². The van der Waals surface area contributed by atoms with Gasteiger partial charge >= 0.3 is 0 Å². The van der Waals surface area contributed by atoms with E-state index in [1.165, 1.54) is 12.1 Å². The van der Waals surface area contributed by atoms with Gasteiger partial charge < -0.3 is 4.90 Å². The normalized spacial score (nSPS) is 20.6. The van der Waals surface area contributed by atoms with E-state index in [0.29, 0.717) is 0 Å². The lowest BCUT2D eigenvalue weighted by Gasteiger charge is -2.35. The SMILES string of the molecule is O=C(Cn1cc(-c2ccc(F)cc2)cn1)N1C2CCC1c1cncnc1C2. The molecule has 3 aromatic rings. The molecule has 136 valence electrons.